The van der Waals surface area contributed by atoms with E-state index in [0.717, 1.165) is 0 Å². The van der Waals surface area contributed by atoms with Crippen molar-refractivity contribution in [3.63, 3.8) is 0 Å². The predicted octanol–water partition coefficient (Wildman–Crippen LogP) is 1.36. The molecule has 1 heterocycles. The number of aromatic nitrogens is 1. The number of ether oxygens (including phenoxy) is 2. The number of hydrogen-bond donors (Lipinski definition) is 0. The first-order valence-electron chi connectivity index (χ1n) is 5.01. The van der Waals surface area contributed by atoms with Crippen molar-refractivity contribution in [3.05, 3.63) is 42.2 Å². The van der Waals surface area contributed by atoms with Crippen LogP contribution in [0.5, 0.6) is 0 Å². The van der Waals surface area contributed by atoms with Crippen molar-refractivity contribution >= 4 is 11.9 Å². The van der Waals surface area contributed by atoms with Gasteiger partial charge in [0, 0.05) is 18.0 Å². The van der Waals surface area contributed by atoms with Gasteiger partial charge >= 0.3 is 11.9 Å². The third kappa shape index (κ3) is 4.46. The SMILES string of the molecule is C=C(C)C(=O)OCCOC(=O)c1cccnc1. The van der Waals surface area contributed by atoms with Gasteiger partial charge in [-0.15, -0.1) is 0 Å². The maximum Gasteiger partial charge on any atom is 0.339 e. The van der Waals surface area contributed by atoms with E-state index in [-0.39, 0.29) is 13.2 Å². The number of carbonyl (C=O) groups is 2. The van der Waals surface area contributed by atoms with Gasteiger partial charge in [0.05, 0.1) is 5.56 Å². The van der Waals surface area contributed by atoms with Crippen molar-refractivity contribution in [2.75, 3.05) is 13.2 Å². The summed E-state index contributed by atoms with van der Waals surface area (Å²) in [5.74, 6) is -0.994. The Bertz CT molecular complexity index is 414. The van der Waals surface area contributed by atoms with E-state index in [2.05, 4.69) is 11.6 Å². The first-order valence-corrected chi connectivity index (χ1v) is 5.01. The Morgan fingerprint density at radius 1 is 1.35 bits per heavy atom. The van der Waals surface area contributed by atoms with Gasteiger partial charge in [0.1, 0.15) is 13.2 Å². The van der Waals surface area contributed by atoms with Crippen LogP contribution in [0.25, 0.3) is 0 Å². The van der Waals surface area contributed by atoms with Gasteiger partial charge in [0.25, 0.3) is 0 Å². The van der Waals surface area contributed by atoms with Crippen LogP contribution < -0.4 is 0 Å². The van der Waals surface area contributed by atoms with Crippen LogP contribution in [0, 0.1) is 0 Å². The summed E-state index contributed by atoms with van der Waals surface area (Å²) in [5, 5.41) is 0. The molecule has 0 amide bonds. The molecule has 1 rings (SSSR count). The van der Waals surface area contributed by atoms with Crippen molar-refractivity contribution < 1.29 is 19.1 Å². The number of hydrogen-bond acceptors (Lipinski definition) is 5. The second kappa shape index (κ2) is 6.42. The molecule has 0 aliphatic heterocycles. The molecule has 5 nitrogen and oxygen atoms in total. The zero-order chi connectivity index (χ0) is 12.7. The second-order valence-corrected chi connectivity index (χ2v) is 3.29. The minimum Gasteiger partial charge on any atom is -0.459 e. The number of rotatable bonds is 5. The molecule has 0 fully saturated rings. The average molecular weight is 235 g/mol. The van der Waals surface area contributed by atoms with Gasteiger partial charge in [-0.1, -0.05) is 6.58 Å². The van der Waals surface area contributed by atoms with Crippen LogP contribution in [0.2, 0.25) is 0 Å². The van der Waals surface area contributed by atoms with E-state index in [1.165, 1.54) is 6.20 Å². The fourth-order valence-corrected chi connectivity index (χ4v) is 0.959. The highest BCUT2D eigenvalue weighted by atomic mass is 16.6. The summed E-state index contributed by atoms with van der Waals surface area (Å²) >= 11 is 0. The van der Waals surface area contributed by atoms with E-state index in [9.17, 15) is 9.59 Å². The third-order valence-electron chi connectivity index (χ3n) is 1.80. The highest BCUT2D eigenvalue weighted by Gasteiger charge is 2.07. The Morgan fingerprint density at radius 3 is 2.65 bits per heavy atom. The monoisotopic (exact) mass is 235 g/mol. The normalized spacial score (nSPS) is 9.47. The van der Waals surface area contributed by atoms with Crippen LogP contribution in [-0.4, -0.2) is 30.1 Å². The van der Waals surface area contributed by atoms with Crippen molar-refractivity contribution in [3.8, 4) is 0 Å². The van der Waals surface area contributed by atoms with Crippen molar-refractivity contribution in [2.45, 2.75) is 6.92 Å². The van der Waals surface area contributed by atoms with Crippen molar-refractivity contribution in [1.29, 1.82) is 0 Å². The van der Waals surface area contributed by atoms with Gasteiger partial charge < -0.3 is 9.47 Å². The molecule has 1 aromatic rings. The van der Waals surface area contributed by atoms with E-state index in [1.54, 1.807) is 25.3 Å². The Balaban J connectivity index is 2.26. The van der Waals surface area contributed by atoms with Gasteiger partial charge in [-0.3, -0.25) is 4.98 Å². The molecule has 17 heavy (non-hydrogen) atoms. The molecule has 0 bridgehead atoms. The molecular weight excluding hydrogens is 222 g/mol. The zero-order valence-corrected chi connectivity index (χ0v) is 9.51. The highest BCUT2D eigenvalue weighted by Crippen LogP contribution is 1.99. The van der Waals surface area contributed by atoms with Crippen LogP contribution in [0.3, 0.4) is 0 Å². The summed E-state index contributed by atoms with van der Waals surface area (Å²) in [7, 11) is 0. The second-order valence-electron chi connectivity index (χ2n) is 3.29. The molecule has 0 aromatic carbocycles. The summed E-state index contributed by atoms with van der Waals surface area (Å²) in [6, 6.07) is 3.23. The summed E-state index contributed by atoms with van der Waals surface area (Å²) < 4.78 is 9.63. The fraction of sp³-hybridized carbons (Fsp3) is 0.250. The first-order chi connectivity index (χ1) is 8.11. The molecular formula is C12H13NO4. The van der Waals surface area contributed by atoms with Gasteiger partial charge in [-0.05, 0) is 19.1 Å². The molecule has 0 aliphatic rings. The van der Waals surface area contributed by atoms with Crippen LogP contribution in [-0.2, 0) is 14.3 Å². The van der Waals surface area contributed by atoms with Gasteiger partial charge in [-0.25, -0.2) is 9.59 Å². The summed E-state index contributed by atoms with van der Waals surface area (Å²) in [6.45, 7) is 4.99. The lowest BCUT2D eigenvalue weighted by Gasteiger charge is -2.05. The molecule has 0 saturated carbocycles. The lowest BCUT2D eigenvalue weighted by Crippen LogP contribution is -2.14. The number of esters is 2. The Labute approximate surface area is 99.1 Å². The maximum atomic E-state index is 11.4. The predicted molar refractivity (Wildman–Crippen MR) is 60.3 cm³/mol. The van der Waals surface area contributed by atoms with E-state index < -0.39 is 11.9 Å². The van der Waals surface area contributed by atoms with E-state index in [0.29, 0.717) is 11.1 Å². The summed E-state index contributed by atoms with van der Waals surface area (Å²) in [6.07, 6.45) is 2.97. The van der Waals surface area contributed by atoms with Crippen LogP contribution >= 0.6 is 0 Å². The molecule has 0 N–H and O–H groups in total. The van der Waals surface area contributed by atoms with E-state index >= 15 is 0 Å². The minimum absolute atomic E-state index is 0.00669. The van der Waals surface area contributed by atoms with Crippen molar-refractivity contribution in [2.24, 2.45) is 0 Å². The minimum atomic E-state index is -0.498. The van der Waals surface area contributed by atoms with Crippen LogP contribution in [0.1, 0.15) is 17.3 Å². The lowest BCUT2D eigenvalue weighted by molar-refractivity contribution is -0.140. The maximum absolute atomic E-state index is 11.4. The van der Waals surface area contributed by atoms with Crippen LogP contribution in [0.15, 0.2) is 36.7 Å². The molecule has 0 spiro atoms. The molecule has 0 atom stereocenters. The Kier molecular flexibility index (Phi) is 4.87. The Hall–Kier alpha value is -2.17. The van der Waals surface area contributed by atoms with Gasteiger partial charge in [-0.2, -0.15) is 0 Å². The molecule has 0 aliphatic carbocycles. The number of pyridine rings is 1. The van der Waals surface area contributed by atoms with Gasteiger partial charge in [0.2, 0.25) is 0 Å². The first kappa shape index (κ1) is 12.9. The molecule has 0 radical (unpaired) electrons. The topological polar surface area (TPSA) is 65.5 Å². The van der Waals surface area contributed by atoms with Gasteiger partial charge in [0.15, 0.2) is 0 Å². The van der Waals surface area contributed by atoms with E-state index in [4.69, 9.17) is 9.47 Å². The molecule has 90 valence electrons. The summed E-state index contributed by atoms with van der Waals surface area (Å²) in [4.78, 5) is 26.2. The third-order valence-corrected chi connectivity index (χ3v) is 1.80. The molecule has 5 heteroatoms. The lowest BCUT2D eigenvalue weighted by atomic mass is 10.3. The average Bonchev–Trinajstić information content (AvgIpc) is 2.35. The fourth-order valence-electron chi connectivity index (χ4n) is 0.959. The number of nitrogens with zero attached hydrogens (tertiary/aromatic N) is 1. The number of carbonyl (C=O) groups excluding carboxylic acids is 2. The summed E-state index contributed by atoms with van der Waals surface area (Å²) in [5.41, 5.74) is 0.669. The molecule has 0 unspecified atom stereocenters. The quantitative estimate of drug-likeness (QED) is 0.438. The van der Waals surface area contributed by atoms with Crippen LogP contribution in [0.4, 0.5) is 0 Å². The largest absolute Gasteiger partial charge is 0.459 e. The molecule has 0 saturated heterocycles. The Morgan fingerprint density at radius 2 is 2.06 bits per heavy atom. The van der Waals surface area contributed by atoms with Crippen molar-refractivity contribution in [1.82, 2.24) is 4.98 Å². The highest BCUT2D eigenvalue weighted by molar-refractivity contribution is 5.89. The van der Waals surface area contributed by atoms with E-state index in [1.807, 2.05) is 0 Å². The smallest absolute Gasteiger partial charge is 0.339 e. The zero-order valence-electron chi connectivity index (χ0n) is 9.51. The standard InChI is InChI=1S/C12H13NO4/c1-9(2)11(14)16-6-7-17-12(15)10-4-3-5-13-8-10/h3-5,8H,1,6-7H2,2H3. The molecule has 1 aromatic heterocycles.